The van der Waals surface area contributed by atoms with Gasteiger partial charge >= 0.3 is 0 Å². The average Bonchev–Trinajstić information content (AvgIpc) is 3.84. The van der Waals surface area contributed by atoms with E-state index in [0.717, 1.165) is 45.6 Å². The number of fused-ring (bicyclic) bond motifs is 8. The molecule has 4 bridgehead atoms. The second-order valence-electron chi connectivity index (χ2n) is 18.8. The topological polar surface area (TPSA) is 43.6 Å². The van der Waals surface area contributed by atoms with Crippen LogP contribution in [0.3, 0.4) is 0 Å². The van der Waals surface area contributed by atoms with E-state index in [-0.39, 0.29) is 5.41 Å². The predicted molar refractivity (Wildman–Crippen MR) is 257 cm³/mol. The fourth-order valence-corrected chi connectivity index (χ4v) is 13.4. The van der Waals surface area contributed by atoms with Gasteiger partial charge in [0.25, 0.3) is 0 Å². The number of nitrogens with zero attached hydrogens (tertiary/aromatic N) is 4. The lowest BCUT2D eigenvalue weighted by Crippen LogP contribution is -2.55. The molecule has 8 aromatic carbocycles. The Hall–Kier alpha value is -7.17. The molecule has 0 saturated heterocycles. The number of benzene rings is 8. The summed E-state index contributed by atoms with van der Waals surface area (Å²) in [7, 11) is 0. The van der Waals surface area contributed by atoms with E-state index in [1.165, 1.54) is 86.9 Å². The molecule has 300 valence electrons. The maximum absolute atomic E-state index is 5.36. The van der Waals surface area contributed by atoms with Gasteiger partial charge in [0.15, 0.2) is 17.5 Å². The van der Waals surface area contributed by atoms with E-state index in [9.17, 15) is 0 Å². The van der Waals surface area contributed by atoms with Crippen LogP contribution in [0.15, 0.2) is 182 Å². The maximum Gasteiger partial charge on any atom is 0.164 e. The standard InChI is InChI=1S/C59H44N4/c1-3-13-40(14-4-1)56-60-57(41-24-22-39(23-25-41)47-19-11-20-51-49-18-9-10-21-53(49)63(55(47)51)45-15-5-2-6-16-45)62-58(61-56)42-27-28-48-50-29-26-38-12-7-8-17-46(38)54(50)59(52(48)35-42)43-31-36-30-37(33-43)34-44(59)32-36/h1-29,35-37,43-44H,30-34H2. The molecule has 1 spiro atoms. The van der Waals surface area contributed by atoms with E-state index in [1.807, 2.05) is 0 Å². The molecule has 0 atom stereocenters. The first-order valence-corrected chi connectivity index (χ1v) is 22.9. The lowest BCUT2D eigenvalue weighted by molar-refractivity contribution is -0.0393. The number of hydrogen-bond donors (Lipinski definition) is 0. The van der Waals surface area contributed by atoms with Gasteiger partial charge in [-0.25, -0.2) is 15.0 Å². The molecule has 5 aliphatic carbocycles. The first-order valence-electron chi connectivity index (χ1n) is 22.9. The van der Waals surface area contributed by atoms with Crippen LogP contribution in [-0.4, -0.2) is 19.5 Å². The number of para-hydroxylation sites is 3. The van der Waals surface area contributed by atoms with E-state index < -0.39 is 0 Å². The van der Waals surface area contributed by atoms with Crippen LogP contribution in [0.4, 0.5) is 0 Å². The Morgan fingerprint density at radius 2 is 0.984 bits per heavy atom. The van der Waals surface area contributed by atoms with Crippen molar-refractivity contribution in [3.8, 4) is 62.1 Å². The van der Waals surface area contributed by atoms with E-state index in [1.54, 1.807) is 5.56 Å². The van der Waals surface area contributed by atoms with Gasteiger partial charge in [-0.05, 0) is 119 Å². The van der Waals surface area contributed by atoms with Crippen molar-refractivity contribution in [1.29, 1.82) is 0 Å². The highest BCUT2D eigenvalue weighted by atomic mass is 15.0. The van der Waals surface area contributed by atoms with Gasteiger partial charge in [0.1, 0.15) is 0 Å². The Morgan fingerprint density at radius 1 is 0.413 bits per heavy atom. The minimum atomic E-state index is 0.0119. The van der Waals surface area contributed by atoms with Gasteiger partial charge in [0, 0.05) is 44.1 Å². The fourth-order valence-electron chi connectivity index (χ4n) is 13.4. The molecule has 4 saturated carbocycles. The molecule has 0 amide bonds. The third-order valence-corrected chi connectivity index (χ3v) is 15.6. The van der Waals surface area contributed by atoms with Gasteiger partial charge in [-0.1, -0.05) is 158 Å². The van der Waals surface area contributed by atoms with Crippen LogP contribution in [0.5, 0.6) is 0 Å². The zero-order valence-electron chi connectivity index (χ0n) is 35.0. The average molecular weight is 809 g/mol. The van der Waals surface area contributed by atoms with E-state index in [2.05, 4.69) is 187 Å². The van der Waals surface area contributed by atoms with Crippen molar-refractivity contribution in [3.05, 3.63) is 193 Å². The van der Waals surface area contributed by atoms with Crippen LogP contribution in [0.2, 0.25) is 0 Å². The minimum absolute atomic E-state index is 0.0119. The van der Waals surface area contributed by atoms with Crippen molar-refractivity contribution in [2.75, 3.05) is 0 Å². The summed E-state index contributed by atoms with van der Waals surface area (Å²) >= 11 is 0. The summed E-state index contributed by atoms with van der Waals surface area (Å²) in [6.07, 6.45) is 6.79. The van der Waals surface area contributed by atoms with Gasteiger partial charge in [0.05, 0.1) is 11.0 Å². The summed E-state index contributed by atoms with van der Waals surface area (Å²) in [5.74, 6) is 5.15. The summed E-state index contributed by atoms with van der Waals surface area (Å²) < 4.78 is 2.41. The highest BCUT2D eigenvalue weighted by Crippen LogP contribution is 2.70. The van der Waals surface area contributed by atoms with Gasteiger partial charge in [-0.15, -0.1) is 0 Å². The molecular weight excluding hydrogens is 765 g/mol. The quantitative estimate of drug-likeness (QED) is 0.174. The summed E-state index contributed by atoms with van der Waals surface area (Å²) in [5, 5.41) is 5.29. The van der Waals surface area contributed by atoms with Crippen molar-refractivity contribution in [2.45, 2.75) is 37.5 Å². The van der Waals surface area contributed by atoms with Gasteiger partial charge in [-0.2, -0.15) is 0 Å². The zero-order chi connectivity index (χ0) is 41.2. The third kappa shape index (κ3) is 5.12. The molecule has 10 aromatic rings. The Morgan fingerprint density at radius 3 is 1.73 bits per heavy atom. The molecule has 5 aliphatic rings. The number of aromatic nitrogens is 4. The second-order valence-corrected chi connectivity index (χ2v) is 18.8. The normalized spacial score (nSPS) is 21.7. The molecule has 2 heterocycles. The molecule has 4 heteroatoms. The summed E-state index contributed by atoms with van der Waals surface area (Å²) in [6, 6.07) is 66.4. The predicted octanol–water partition coefficient (Wildman–Crippen LogP) is 14.5. The lowest BCUT2D eigenvalue weighted by atomic mass is 9.43. The van der Waals surface area contributed by atoms with Crippen LogP contribution in [-0.2, 0) is 5.41 Å². The van der Waals surface area contributed by atoms with E-state index in [0.29, 0.717) is 23.5 Å². The first kappa shape index (κ1) is 35.4. The molecule has 63 heavy (non-hydrogen) atoms. The second kappa shape index (κ2) is 13.4. The molecule has 0 unspecified atom stereocenters. The van der Waals surface area contributed by atoms with Crippen LogP contribution in [0.25, 0.3) is 94.7 Å². The Labute approximate surface area is 367 Å². The molecule has 4 nitrogen and oxygen atoms in total. The summed E-state index contributed by atoms with van der Waals surface area (Å²) in [4.78, 5) is 15.8. The summed E-state index contributed by atoms with van der Waals surface area (Å²) in [5.41, 5.74) is 14.9. The van der Waals surface area contributed by atoms with Crippen LogP contribution < -0.4 is 0 Å². The monoisotopic (exact) mass is 808 g/mol. The lowest BCUT2D eigenvalue weighted by Gasteiger charge is -2.61. The largest absolute Gasteiger partial charge is 0.309 e. The first-order chi connectivity index (χ1) is 31.2. The highest BCUT2D eigenvalue weighted by Gasteiger charge is 2.62. The van der Waals surface area contributed by atoms with E-state index >= 15 is 0 Å². The van der Waals surface area contributed by atoms with Gasteiger partial charge < -0.3 is 4.57 Å². The Balaban J connectivity index is 0.920. The third-order valence-electron chi connectivity index (χ3n) is 15.6. The molecule has 4 fully saturated rings. The molecule has 0 N–H and O–H groups in total. The van der Waals surface area contributed by atoms with Crippen molar-refractivity contribution >= 4 is 32.6 Å². The summed E-state index contributed by atoms with van der Waals surface area (Å²) in [6.45, 7) is 0. The van der Waals surface area contributed by atoms with Crippen molar-refractivity contribution in [2.24, 2.45) is 23.7 Å². The molecule has 15 rings (SSSR count). The molecule has 2 aromatic heterocycles. The van der Waals surface area contributed by atoms with Crippen molar-refractivity contribution < 1.29 is 0 Å². The minimum Gasteiger partial charge on any atom is -0.309 e. The SMILES string of the molecule is c1ccc(-c2nc(-c3ccc(-c4cccc5c6ccccc6n(-c6ccccc6)c45)cc3)nc(-c3ccc4c(c3)C3(c5c-4ccc4ccccc54)C4CC5CC(C4)CC3C5)n2)cc1. The fraction of sp³-hybridized carbons (Fsp3) is 0.169. The Bertz CT molecular complexity index is 3430. The zero-order valence-corrected chi connectivity index (χ0v) is 35.0. The molecule has 0 radical (unpaired) electrons. The smallest absolute Gasteiger partial charge is 0.164 e. The van der Waals surface area contributed by atoms with Crippen LogP contribution in [0.1, 0.15) is 43.2 Å². The maximum atomic E-state index is 5.36. The van der Waals surface area contributed by atoms with Crippen LogP contribution >= 0.6 is 0 Å². The van der Waals surface area contributed by atoms with Gasteiger partial charge in [-0.3, -0.25) is 0 Å². The number of rotatable bonds is 5. The van der Waals surface area contributed by atoms with Crippen molar-refractivity contribution in [1.82, 2.24) is 19.5 Å². The molecular formula is C59H44N4. The van der Waals surface area contributed by atoms with Gasteiger partial charge in [0.2, 0.25) is 0 Å². The highest BCUT2D eigenvalue weighted by molar-refractivity contribution is 6.13. The Kier molecular flexibility index (Phi) is 7.54. The molecule has 0 aliphatic heterocycles. The van der Waals surface area contributed by atoms with Crippen LogP contribution in [0, 0.1) is 23.7 Å². The van der Waals surface area contributed by atoms with E-state index in [4.69, 9.17) is 15.0 Å². The number of hydrogen-bond acceptors (Lipinski definition) is 3. The van der Waals surface area contributed by atoms with Crippen molar-refractivity contribution in [3.63, 3.8) is 0 Å².